The molecule has 0 radical (unpaired) electrons. The molecule has 6 nitrogen and oxygen atoms in total. The molecule has 0 saturated carbocycles. The minimum Gasteiger partial charge on any atom is -0.377 e. The van der Waals surface area contributed by atoms with E-state index in [4.69, 9.17) is 16.3 Å². The Hall–Kier alpha value is -1.57. The Morgan fingerprint density at radius 1 is 1.44 bits per heavy atom. The molecule has 3 rings (SSSR count). The lowest BCUT2D eigenvalue weighted by molar-refractivity contribution is 0.127. The van der Waals surface area contributed by atoms with Gasteiger partial charge in [-0.25, -0.2) is 13.1 Å². The second kappa shape index (κ2) is 7.35. The molecule has 8 heteroatoms. The van der Waals surface area contributed by atoms with Crippen molar-refractivity contribution in [2.45, 2.75) is 38.7 Å². The van der Waals surface area contributed by atoms with Crippen molar-refractivity contribution >= 4 is 27.3 Å². The average Bonchev–Trinajstić information content (AvgIpc) is 3.16. The van der Waals surface area contributed by atoms with Crippen LogP contribution in [0.5, 0.6) is 0 Å². The number of ether oxygens (including phenoxy) is 1. The summed E-state index contributed by atoms with van der Waals surface area (Å²) in [6, 6.07) is 7.31. The van der Waals surface area contributed by atoms with Gasteiger partial charge in [-0.1, -0.05) is 31.5 Å². The molecule has 0 aliphatic carbocycles. The van der Waals surface area contributed by atoms with Crippen LogP contribution in [0.3, 0.4) is 0 Å². The van der Waals surface area contributed by atoms with E-state index in [0.717, 1.165) is 24.2 Å². The van der Waals surface area contributed by atoms with Gasteiger partial charge in [0.05, 0.1) is 35.1 Å². The SMILES string of the molecule is CC(C)c1c(NS(=O)(=O)C[C@@H]2CCCO2)cnn1-c1cccc(Cl)c1. The van der Waals surface area contributed by atoms with Gasteiger partial charge in [-0.05, 0) is 37.0 Å². The largest absolute Gasteiger partial charge is 0.377 e. The Kier molecular flexibility index (Phi) is 5.36. The number of nitrogens with zero attached hydrogens (tertiary/aromatic N) is 2. The molecule has 0 bridgehead atoms. The standard InChI is InChI=1S/C17H22ClN3O3S/c1-12(2)17-16(20-25(22,23)11-15-7-4-8-24-15)10-19-21(17)14-6-3-5-13(18)9-14/h3,5-6,9-10,12,15,20H,4,7-8,11H2,1-2H3/t15-/m0/s1. The highest BCUT2D eigenvalue weighted by molar-refractivity contribution is 7.92. The summed E-state index contributed by atoms with van der Waals surface area (Å²) in [6.07, 6.45) is 3.00. The van der Waals surface area contributed by atoms with Crippen molar-refractivity contribution < 1.29 is 13.2 Å². The Bertz CT molecular complexity index is 843. The van der Waals surface area contributed by atoms with Crippen LogP contribution in [0.4, 0.5) is 5.69 Å². The Balaban J connectivity index is 1.89. The molecule has 1 aliphatic heterocycles. The van der Waals surface area contributed by atoms with E-state index in [-0.39, 0.29) is 17.8 Å². The number of aromatic nitrogens is 2. The summed E-state index contributed by atoms with van der Waals surface area (Å²) < 4.78 is 34.8. The van der Waals surface area contributed by atoms with E-state index in [2.05, 4.69) is 9.82 Å². The highest BCUT2D eigenvalue weighted by atomic mass is 35.5. The number of halogens is 1. The number of nitrogens with one attached hydrogen (secondary N) is 1. The molecule has 0 amide bonds. The molecular formula is C17H22ClN3O3S. The van der Waals surface area contributed by atoms with E-state index in [1.54, 1.807) is 23.0 Å². The van der Waals surface area contributed by atoms with Crippen LogP contribution in [0.25, 0.3) is 5.69 Å². The molecule has 1 atom stereocenters. The quantitative estimate of drug-likeness (QED) is 0.827. The summed E-state index contributed by atoms with van der Waals surface area (Å²) in [5.74, 6) is 0.0364. The van der Waals surface area contributed by atoms with Gasteiger partial charge in [-0.2, -0.15) is 5.10 Å². The van der Waals surface area contributed by atoms with Crippen LogP contribution in [0, 0.1) is 0 Å². The third kappa shape index (κ3) is 4.34. The van der Waals surface area contributed by atoms with Crippen molar-refractivity contribution in [3.8, 4) is 5.69 Å². The van der Waals surface area contributed by atoms with Crippen LogP contribution >= 0.6 is 11.6 Å². The van der Waals surface area contributed by atoms with Gasteiger partial charge in [0.15, 0.2) is 0 Å². The smallest absolute Gasteiger partial charge is 0.235 e. The van der Waals surface area contributed by atoms with Gasteiger partial charge in [0.25, 0.3) is 0 Å². The van der Waals surface area contributed by atoms with Crippen LogP contribution < -0.4 is 4.72 Å². The van der Waals surface area contributed by atoms with Gasteiger partial charge in [0.1, 0.15) is 0 Å². The first kappa shape index (κ1) is 18.2. The number of benzene rings is 1. The molecule has 136 valence electrons. The molecule has 1 fully saturated rings. The normalized spacial score (nSPS) is 18.0. The lowest BCUT2D eigenvalue weighted by Gasteiger charge is -2.15. The molecule has 0 spiro atoms. The first-order chi connectivity index (χ1) is 11.9. The second-order valence-electron chi connectivity index (χ2n) is 6.51. The molecule has 1 aromatic carbocycles. The van der Waals surface area contributed by atoms with Gasteiger partial charge < -0.3 is 4.74 Å². The lowest BCUT2D eigenvalue weighted by Crippen LogP contribution is -2.26. The zero-order valence-corrected chi connectivity index (χ0v) is 15.8. The summed E-state index contributed by atoms with van der Waals surface area (Å²) in [5.41, 5.74) is 2.08. The van der Waals surface area contributed by atoms with Crippen molar-refractivity contribution in [2.24, 2.45) is 0 Å². The van der Waals surface area contributed by atoms with Gasteiger partial charge in [-0.3, -0.25) is 4.72 Å². The van der Waals surface area contributed by atoms with Crippen LogP contribution in [-0.4, -0.2) is 36.7 Å². The maximum absolute atomic E-state index is 12.5. The molecule has 25 heavy (non-hydrogen) atoms. The number of hydrogen-bond acceptors (Lipinski definition) is 4. The minimum absolute atomic E-state index is 0.0348. The van der Waals surface area contributed by atoms with E-state index in [0.29, 0.717) is 17.3 Å². The van der Waals surface area contributed by atoms with Crippen molar-refractivity contribution in [3.63, 3.8) is 0 Å². The molecule has 1 aromatic heterocycles. The molecule has 2 heterocycles. The fourth-order valence-electron chi connectivity index (χ4n) is 3.04. The Labute approximate surface area is 153 Å². The number of sulfonamides is 1. The summed E-state index contributed by atoms with van der Waals surface area (Å²) in [4.78, 5) is 0. The third-order valence-corrected chi connectivity index (χ3v) is 5.68. The van der Waals surface area contributed by atoms with E-state index in [9.17, 15) is 8.42 Å². The summed E-state index contributed by atoms with van der Waals surface area (Å²) in [5, 5.41) is 4.96. The fourth-order valence-corrected chi connectivity index (χ4v) is 4.55. The van der Waals surface area contributed by atoms with E-state index in [1.807, 2.05) is 26.0 Å². The minimum atomic E-state index is -3.51. The van der Waals surface area contributed by atoms with Crippen LogP contribution in [0.15, 0.2) is 30.5 Å². The Morgan fingerprint density at radius 2 is 2.24 bits per heavy atom. The van der Waals surface area contributed by atoms with Crippen molar-refractivity contribution in [2.75, 3.05) is 17.1 Å². The van der Waals surface area contributed by atoms with Crippen molar-refractivity contribution in [3.05, 3.63) is 41.2 Å². The monoisotopic (exact) mass is 383 g/mol. The second-order valence-corrected chi connectivity index (χ2v) is 8.71. The fraction of sp³-hybridized carbons (Fsp3) is 0.471. The van der Waals surface area contributed by atoms with E-state index in [1.165, 1.54) is 0 Å². The number of hydrogen-bond donors (Lipinski definition) is 1. The highest BCUT2D eigenvalue weighted by Crippen LogP contribution is 2.29. The number of anilines is 1. The molecule has 2 aromatic rings. The zero-order chi connectivity index (χ0) is 18.0. The molecule has 1 aliphatic rings. The van der Waals surface area contributed by atoms with Gasteiger partial charge in [0.2, 0.25) is 10.0 Å². The van der Waals surface area contributed by atoms with Crippen molar-refractivity contribution in [1.82, 2.24) is 9.78 Å². The summed E-state index contributed by atoms with van der Waals surface area (Å²) >= 11 is 6.07. The van der Waals surface area contributed by atoms with Crippen LogP contribution in [0.1, 0.15) is 38.3 Å². The van der Waals surface area contributed by atoms with Crippen LogP contribution in [-0.2, 0) is 14.8 Å². The first-order valence-corrected chi connectivity index (χ1v) is 10.3. The molecule has 0 unspecified atom stereocenters. The van der Waals surface area contributed by atoms with Gasteiger partial charge in [-0.15, -0.1) is 0 Å². The van der Waals surface area contributed by atoms with Crippen molar-refractivity contribution in [1.29, 1.82) is 0 Å². The predicted octanol–water partition coefficient (Wildman–Crippen LogP) is 3.57. The van der Waals surface area contributed by atoms with Gasteiger partial charge >= 0.3 is 0 Å². The van der Waals surface area contributed by atoms with E-state index >= 15 is 0 Å². The first-order valence-electron chi connectivity index (χ1n) is 8.31. The van der Waals surface area contributed by atoms with E-state index < -0.39 is 10.0 Å². The number of rotatable bonds is 6. The maximum Gasteiger partial charge on any atom is 0.235 e. The summed E-state index contributed by atoms with van der Waals surface area (Å²) in [6.45, 7) is 4.62. The predicted molar refractivity (Wildman–Crippen MR) is 99.0 cm³/mol. The molecule has 1 N–H and O–H groups in total. The third-order valence-electron chi connectivity index (χ3n) is 4.10. The summed E-state index contributed by atoms with van der Waals surface area (Å²) in [7, 11) is -3.51. The highest BCUT2D eigenvalue weighted by Gasteiger charge is 2.25. The topological polar surface area (TPSA) is 73.2 Å². The Morgan fingerprint density at radius 3 is 2.88 bits per heavy atom. The lowest BCUT2D eigenvalue weighted by atomic mass is 10.1. The maximum atomic E-state index is 12.5. The van der Waals surface area contributed by atoms with Gasteiger partial charge in [0, 0.05) is 11.6 Å². The molecular weight excluding hydrogens is 362 g/mol. The average molecular weight is 384 g/mol. The molecule has 1 saturated heterocycles. The van der Waals surface area contributed by atoms with Crippen LogP contribution in [0.2, 0.25) is 5.02 Å². The zero-order valence-electron chi connectivity index (χ0n) is 14.3.